The van der Waals surface area contributed by atoms with Crippen molar-refractivity contribution in [3.63, 3.8) is 0 Å². The van der Waals surface area contributed by atoms with E-state index in [2.05, 4.69) is 5.10 Å². The van der Waals surface area contributed by atoms with Crippen LogP contribution < -0.4 is 5.73 Å². The van der Waals surface area contributed by atoms with Crippen LogP contribution in [0.2, 0.25) is 0 Å². The molecule has 0 spiro atoms. The van der Waals surface area contributed by atoms with Crippen molar-refractivity contribution in [3.05, 3.63) is 24.0 Å². The van der Waals surface area contributed by atoms with Gasteiger partial charge >= 0.3 is 0 Å². The Labute approximate surface area is 66.5 Å². The third-order valence-electron chi connectivity index (χ3n) is 1.66. The van der Waals surface area contributed by atoms with E-state index in [1.807, 2.05) is 30.7 Å². The van der Waals surface area contributed by atoms with E-state index in [-0.39, 0.29) is 0 Å². The Morgan fingerprint density at radius 3 is 2.91 bits per heavy atom. The maximum atomic E-state index is 5.60. The lowest BCUT2D eigenvalue weighted by Gasteiger charge is -1.98. The van der Waals surface area contributed by atoms with Gasteiger partial charge in [0.1, 0.15) is 0 Å². The van der Waals surface area contributed by atoms with Gasteiger partial charge in [0.05, 0.1) is 24.1 Å². The van der Waals surface area contributed by atoms with Crippen LogP contribution in [0, 0.1) is 6.92 Å². The van der Waals surface area contributed by atoms with E-state index < -0.39 is 0 Å². The third kappa shape index (κ3) is 1.61. The highest BCUT2D eigenvalue weighted by Crippen LogP contribution is 2.07. The first-order valence-electron chi connectivity index (χ1n) is 3.64. The molecule has 0 radical (unpaired) electrons. The highest BCUT2D eigenvalue weighted by Gasteiger charge is 1.98. The molecule has 1 aromatic heterocycles. The van der Waals surface area contributed by atoms with Crippen LogP contribution in [0.4, 0.5) is 5.69 Å². The summed E-state index contributed by atoms with van der Waals surface area (Å²) in [7, 11) is 0. The van der Waals surface area contributed by atoms with E-state index in [1.165, 1.54) is 0 Å². The molecule has 1 heterocycles. The van der Waals surface area contributed by atoms with Crippen molar-refractivity contribution in [2.45, 2.75) is 20.4 Å². The normalized spacial score (nSPS) is 11.1. The summed E-state index contributed by atoms with van der Waals surface area (Å²) in [4.78, 5) is 0. The molecule has 0 bridgehead atoms. The van der Waals surface area contributed by atoms with Gasteiger partial charge in [-0.15, -0.1) is 0 Å². The predicted octanol–water partition coefficient (Wildman–Crippen LogP) is 1.35. The van der Waals surface area contributed by atoms with Crippen LogP contribution in [0.5, 0.6) is 0 Å². The lowest BCUT2D eigenvalue weighted by Crippen LogP contribution is -2.00. The van der Waals surface area contributed by atoms with Gasteiger partial charge in [-0.2, -0.15) is 5.10 Å². The van der Waals surface area contributed by atoms with Gasteiger partial charge in [-0.25, -0.2) is 0 Å². The zero-order valence-corrected chi connectivity index (χ0v) is 6.91. The van der Waals surface area contributed by atoms with Crippen molar-refractivity contribution >= 4 is 5.69 Å². The number of hydrogen-bond acceptors (Lipinski definition) is 2. The fourth-order valence-corrected chi connectivity index (χ4v) is 0.850. The monoisotopic (exact) mass is 151 g/mol. The van der Waals surface area contributed by atoms with Crippen LogP contribution in [0.1, 0.15) is 12.6 Å². The molecule has 0 aliphatic heterocycles. The summed E-state index contributed by atoms with van der Waals surface area (Å²) in [6.07, 6.45) is 5.72. The molecule has 0 aliphatic rings. The smallest absolute Gasteiger partial charge is 0.0730 e. The van der Waals surface area contributed by atoms with E-state index >= 15 is 0 Å². The average molecular weight is 151 g/mol. The van der Waals surface area contributed by atoms with Crippen LogP contribution in [0.25, 0.3) is 0 Å². The Morgan fingerprint density at radius 1 is 1.73 bits per heavy atom. The molecule has 2 N–H and O–H groups in total. The molecule has 0 saturated heterocycles. The molecule has 60 valence electrons. The number of anilines is 1. The fraction of sp³-hybridized carbons (Fsp3) is 0.375. The lowest BCUT2D eigenvalue weighted by molar-refractivity contribution is 0.679. The molecular weight excluding hydrogens is 138 g/mol. The quantitative estimate of drug-likeness (QED) is 0.648. The molecule has 0 saturated carbocycles. The second kappa shape index (κ2) is 3.23. The van der Waals surface area contributed by atoms with E-state index in [0.29, 0.717) is 0 Å². The van der Waals surface area contributed by atoms with Gasteiger partial charge in [0.15, 0.2) is 0 Å². The molecule has 3 nitrogen and oxygen atoms in total. The molecule has 1 rings (SSSR count). The summed E-state index contributed by atoms with van der Waals surface area (Å²) in [6, 6.07) is 0. The molecule has 0 amide bonds. The van der Waals surface area contributed by atoms with Gasteiger partial charge in [0, 0.05) is 0 Å². The van der Waals surface area contributed by atoms with Crippen molar-refractivity contribution < 1.29 is 0 Å². The molecule has 3 heteroatoms. The number of aromatic nitrogens is 2. The van der Waals surface area contributed by atoms with Gasteiger partial charge in [0.25, 0.3) is 0 Å². The second-order valence-corrected chi connectivity index (χ2v) is 2.44. The summed E-state index contributed by atoms with van der Waals surface area (Å²) >= 11 is 0. The summed E-state index contributed by atoms with van der Waals surface area (Å²) in [5.41, 5.74) is 7.39. The number of nitrogen functional groups attached to an aromatic ring is 1. The standard InChI is InChI=1S/C8H13N3/c1-3-4-5-11-7(2)8(9)6-10-11/h3-4,6H,5,9H2,1-2H3/b4-3+. The van der Waals surface area contributed by atoms with Crippen molar-refractivity contribution in [2.75, 3.05) is 5.73 Å². The average Bonchev–Trinajstić information content (AvgIpc) is 2.31. The van der Waals surface area contributed by atoms with Crippen molar-refractivity contribution in [3.8, 4) is 0 Å². The van der Waals surface area contributed by atoms with Crippen molar-refractivity contribution in [1.29, 1.82) is 0 Å². The Kier molecular flexibility index (Phi) is 2.31. The maximum absolute atomic E-state index is 5.60. The van der Waals surface area contributed by atoms with Gasteiger partial charge in [-0.1, -0.05) is 12.2 Å². The molecule has 0 aromatic carbocycles. The molecular formula is C8H13N3. The lowest BCUT2D eigenvalue weighted by atomic mass is 10.4. The Balaban J connectivity index is 2.78. The minimum atomic E-state index is 0.759. The minimum absolute atomic E-state index is 0.759. The van der Waals surface area contributed by atoms with Gasteiger partial charge in [-0.05, 0) is 13.8 Å². The fourth-order valence-electron chi connectivity index (χ4n) is 0.850. The molecule has 0 fully saturated rings. The van der Waals surface area contributed by atoms with E-state index in [0.717, 1.165) is 17.9 Å². The van der Waals surface area contributed by atoms with Crippen LogP contribution in [-0.4, -0.2) is 9.78 Å². The highest BCUT2D eigenvalue weighted by molar-refractivity contribution is 5.39. The molecule has 0 unspecified atom stereocenters. The van der Waals surface area contributed by atoms with Crippen LogP contribution >= 0.6 is 0 Å². The molecule has 11 heavy (non-hydrogen) atoms. The van der Waals surface area contributed by atoms with Crippen molar-refractivity contribution in [2.24, 2.45) is 0 Å². The second-order valence-electron chi connectivity index (χ2n) is 2.44. The first kappa shape index (κ1) is 7.85. The van der Waals surface area contributed by atoms with E-state index in [4.69, 9.17) is 5.73 Å². The number of hydrogen-bond donors (Lipinski definition) is 1. The SMILES string of the molecule is C/C=C/Cn1ncc(N)c1C. The number of rotatable bonds is 2. The van der Waals surface area contributed by atoms with Crippen LogP contribution in [-0.2, 0) is 6.54 Å². The predicted molar refractivity (Wildman–Crippen MR) is 46.2 cm³/mol. The zero-order valence-electron chi connectivity index (χ0n) is 6.91. The largest absolute Gasteiger partial charge is 0.396 e. The van der Waals surface area contributed by atoms with Gasteiger partial charge < -0.3 is 5.73 Å². The molecule has 1 aromatic rings. The number of nitrogens with zero attached hydrogens (tertiary/aromatic N) is 2. The topological polar surface area (TPSA) is 43.8 Å². The molecule has 0 atom stereocenters. The summed E-state index contributed by atoms with van der Waals surface area (Å²) < 4.78 is 1.87. The summed E-state index contributed by atoms with van der Waals surface area (Å²) in [6.45, 7) is 4.76. The Bertz CT molecular complexity index is 260. The van der Waals surface area contributed by atoms with Crippen LogP contribution in [0.3, 0.4) is 0 Å². The summed E-state index contributed by atoms with van der Waals surface area (Å²) in [5.74, 6) is 0. The first-order valence-corrected chi connectivity index (χ1v) is 3.64. The third-order valence-corrected chi connectivity index (χ3v) is 1.66. The van der Waals surface area contributed by atoms with Gasteiger partial charge in [0.2, 0.25) is 0 Å². The molecule has 0 aliphatic carbocycles. The highest BCUT2D eigenvalue weighted by atomic mass is 15.3. The minimum Gasteiger partial charge on any atom is -0.396 e. The number of allylic oxidation sites excluding steroid dienone is 2. The zero-order chi connectivity index (χ0) is 8.27. The van der Waals surface area contributed by atoms with Gasteiger partial charge in [-0.3, -0.25) is 4.68 Å². The maximum Gasteiger partial charge on any atom is 0.0730 e. The Hall–Kier alpha value is -1.25. The first-order chi connectivity index (χ1) is 5.25. The van der Waals surface area contributed by atoms with Crippen LogP contribution in [0.15, 0.2) is 18.3 Å². The number of nitrogens with two attached hydrogens (primary N) is 1. The Morgan fingerprint density at radius 2 is 2.45 bits per heavy atom. The van der Waals surface area contributed by atoms with E-state index in [9.17, 15) is 0 Å². The van der Waals surface area contributed by atoms with Crippen molar-refractivity contribution in [1.82, 2.24) is 9.78 Å². The summed E-state index contributed by atoms with van der Waals surface area (Å²) in [5, 5.41) is 4.09. The van der Waals surface area contributed by atoms with E-state index in [1.54, 1.807) is 6.20 Å².